The van der Waals surface area contributed by atoms with Crippen LogP contribution < -0.4 is 5.32 Å². The molecule has 6 heteroatoms. The number of fused-ring (bicyclic) bond motifs is 1. The second-order valence-corrected chi connectivity index (χ2v) is 8.59. The Balaban J connectivity index is 1.44. The van der Waals surface area contributed by atoms with Crippen LogP contribution in [-0.4, -0.2) is 37.5 Å². The number of aryl methyl sites for hydroxylation is 1. The van der Waals surface area contributed by atoms with E-state index in [1.165, 1.54) is 9.87 Å². The molecule has 1 amide bonds. The van der Waals surface area contributed by atoms with Crippen LogP contribution >= 0.6 is 0 Å². The standard InChI is InChI=1S/C20H24N2O3S/c23-20(11-10-17-6-2-1-3-7-17)21-13-15-26(24,25)22-14-12-18-8-4-5-9-19(18)16-22/h1-9H,10-16H2,(H,21,23). The molecule has 0 radical (unpaired) electrons. The van der Waals surface area contributed by atoms with Crippen LogP contribution in [0.2, 0.25) is 0 Å². The van der Waals surface area contributed by atoms with Gasteiger partial charge in [-0.05, 0) is 29.5 Å². The van der Waals surface area contributed by atoms with E-state index in [9.17, 15) is 13.2 Å². The summed E-state index contributed by atoms with van der Waals surface area (Å²) in [5, 5.41) is 2.72. The lowest BCUT2D eigenvalue weighted by Gasteiger charge is -2.28. The van der Waals surface area contributed by atoms with Crippen LogP contribution in [0.4, 0.5) is 0 Å². The molecule has 0 saturated heterocycles. The Morgan fingerprint density at radius 3 is 2.46 bits per heavy atom. The minimum atomic E-state index is -3.37. The van der Waals surface area contributed by atoms with Gasteiger partial charge in [0.05, 0.1) is 5.75 Å². The molecule has 0 saturated carbocycles. The van der Waals surface area contributed by atoms with Crippen molar-refractivity contribution in [2.45, 2.75) is 25.8 Å². The van der Waals surface area contributed by atoms with E-state index in [1.807, 2.05) is 54.6 Å². The highest BCUT2D eigenvalue weighted by Gasteiger charge is 2.26. The first-order valence-electron chi connectivity index (χ1n) is 8.90. The number of nitrogens with zero attached hydrogens (tertiary/aromatic N) is 1. The van der Waals surface area contributed by atoms with E-state index < -0.39 is 10.0 Å². The van der Waals surface area contributed by atoms with Crippen LogP contribution in [0, 0.1) is 0 Å². The zero-order valence-corrected chi connectivity index (χ0v) is 15.5. The van der Waals surface area contributed by atoms with E-state index in [2.05, 4.69) is 5.32 Å². The number of hydrogen-bond acceptors (Lipinski definition) is 3. The van der Waals surface area contributed by atoms with Crippen LogP contribution in [0.25, 0.3) is 0 Å². The van der Waals surface area contributed by atoms with Crippen molar-refractivity contribution in [3.63, 3.8) is 0 Å². The van der Waals surface area contributed by atoms with E-state index in [4.69, 9.17) is 0 Å². The molecular formula is C20H24N2O3S. The summed E-state index contributed by atoms with van der Waals surface area (Å²) in [5.74, 6) is -0.181. The Morgan fingerprint density at radius 2 is 1.69 bits per heavy atom. The minimum Gasteiger partial charge on any atom is -0.355 e. The zero-order chi connectivity index (χ0) is 18.4. The van der Waals surface area contributed by atoms with Crippen molar-refractivity contribution in [2.75, 3.05) is 18.8 Å². The van der Waals surface area contributed by atoms with Crippen LogP contribution in [-0.2, 0) is 34.2 Å². The Kier molecular flexibility index (Phi) is 6.06. The van der Waals surface area contributed by atoms with Crippen molar-refractivity contribution >= 4 is 15.9 Å². The van der Waals surface area contributed by atoms with Gasteiger partial charge in [0, 0.05) is 26.1 Å². The lowest BCUT2D eigenvalue weighted by Crippen LogP contribution is -2.40. The van der Waals surface area contributed by atoms with Crippen LogP contribution in [0.5, 0.6) is 0 Å². The Hall–Kier alpha value is -2.18. The van der Waals surface area contributed by atoms with Gasteiger partial charge in [-0.3, -0.25) is 4.79 Å². The summed E-state index contributed by atoms with van der Waals surface area (Å²) in [6, 6.07) is 17.7. The molecule has 0 unspecified atom stereocenters. The Morgan fingerprint density at radius 1 is 1.00 bits per heavy atom. The first-order chi connectivity index (χ1) is 12.5. The normalized spacial score (nSPS) is 14.6. The van der Waals surface area contributed by atoms with E-state index in [0.717, 1.165) is 17.5 Å². The molecule has 138 valence electrons. The van der Waals surface area contributed by atoms with Crippen LogP contribution in [0.1, 0.15) is 23.1 Å². The highest BCUT2D eigenvalue weighted by molar-refractivity contribution is 7.89. The second kappa shape index (κ2) is 8.47. The quantitative estimate of drug-likeness (QED) is 0.810. The molecule has 2 aromatic carbocycles. The maximum atomic E-state index is 12.5. The van der Waals surface area contributed by atoms with Gasteiger partial charge in [-0.15, -0.1) is 0 Å². The van der Waals surface area contributed by atoms with Crippen LogP contribution in [0.15, 0.2) is 54.6 Å². The predicted octanol–water partition coefficient (Wildman–Crippen LogP) is 2.12. The van der Waals surface area contributed by atoms with Gasteiger partial charge in [0.15, 0.2) is 0 Å². The molecule has 0 bridgehead atoms. The predicted molar refractivity (Wildman–Crippen MR) is 102 cm³/mol. The fourth-order valence-corrected chi connectivity index (χ4v) is 4.47. The summed E-state index contributed by atoms with van der Waals surface area (Å²) >= 11 is 0. The first kappa shape index (κ1) is 18.6. The molecule has 1 aliphatic rings. The second-order valence-electron chi connectivity index (χ2n) is 6.50. The van der Waals surface area contributed by atoms with Gasteiger partial charge < -0.3 is 5.32 Å². The van der Waals surface area contributed by atoms with Gasteiger partial charge >= 0.3 is 0 Å². The summed E-state index contributed by atoms with van der Waals surface area (Å²) in [5.41, 5.74) is 3.38. The maximum Gasteiger partial charge on any atom is 0.220 e. The summed E-state index contributed by atoms with van der Waals surface area (Å²) in [7, 11) is -3.37. The molecule has 1 N–H and O–H groups in total. The molecule has 0 spiro atoms. The molecule has 0 aliphatic carbocycles. The fraction of sp³-hybridized carbons (Fsp3) is 0.350. The van der Waals surface area contributed by atoms with E-state index in [-0.39, 0.29) is 18.2 Å². The molecular weight excluding hydrogens is 348 g/mol. The van der Waals surface area contributed by atoms with E-state index >= 15 is 0 Å². The number of amides is 1. The summed E-state index contributed by atoms with van der Waals surface area (Å²) in [6.07, 6.45) is 1.75. The van der Waals surface area contributed by atoms with Gasteiger partial charge in [0.2, 0.25) is 15.9 Å². The van der Waals surface area contributed by atoms with Gasteiger partial charge in [0.25, 0.3) is 0 Å². The fourth-order valence-electron chi connectivity index (χ4n) is 3.15. The number of hydrogen-bond donors (Lipinski definition) is 1. The molecule has 1 aliphatic heterocycles. The third-order valence-corrected chi connectivity index (χ3v) is 6.47. The molecule has 5 nitrogen and oxygen atoms in total. The summed E-state index contributed by atoms with van der Waals surface area (Å²) in [4.78, 5) is 11.9. The van der Waals surface area contributed by atoms with Crippen molar-refractivity contribution in [3.05, 3.63) is 71.3 Å². The zero-order valence-electron chi connectivity index (χ0n) is 14.7. The Bertz CT molecular complexity index is 850. The van der Waals surface area contributed by atoms with Gasteiger partial charge in [-0.25, -0.2) is 8.42 Å². The number of carbonyl (C=O) groups excluding carboxylic acids is 1. The third-order valence-electron chi connectivity index (χ3n) is 4.65. The van der Waals surface area contributed by atoms with Gasteiger partial charge in [-0.2, -0.15) is 4.31 Å². The molecule has 3 rings (SSSR count). The van der Waals surface area contributed by atoms with Crippen LogP contribution in [0.3, 0.4) is 0 Å². The highest BCUT2D eigenvalue weighted by Crippen LogP contribution is 2.20. The van der Waals surface area contributed by atoms with E-state index in [0.29, 0.717) is 25.9 Å². The number of benzene rings is 2. The molecule has 26 heavy (non-hydrogen) atoms. The monoisotopic (exact) mass is 372 g/mol. The van der Waals surface area contributed by atoms with Gasteiger partial charge in [0.1, 0.15) is 0 Å². The lowest BCUT2D eigenvalue weighted by molar-refractivity contribution is -0.120. The van der Waals surface area contributed by atoms with Crippen molar-refractivity contribution in [3.8, 4) is 0 Å². The lowest BCUT2D eigenvalue weighted by atomic mass is 10.0. The minimum absolute atomic E-state index is 0.0633. The Labute approximate surface area is 155 Å². The van der Waals surface area contributed by atoms with Gasteiger partial charge in [-0.1, -0.05) is 54.6 Å². The van der Waals surface area contributed by atoms with E-state index in [1.54, 1.807) is 0 Å². The summed E-state index contributed by atoms with van der Waals surface area (Å²) in [6.45, 7) is 1.07. The molecule has 1 heterocycles. The third kappa shape index (κ3) is 4.93. The maximum absolute atomic E-state index is 12.5. The number of carbonyl (C=O) groups is 1. The number of nitrogens with one attached hydrogen (secondary N) is 1. The van der Waals surface area contributed by atoms with Crippen molar-refractivity contribution in [1.82, 2.24) is 9.62 Å². The largest absolute Gasteiger partial charge is 0.355 e. The topological polar surface area (TPSA) is 66.5 Å². The molecule has 0 aromatic heterocycles. The van der Waals surface area contributed by atoms with Crippen molar-refractivity contribution in [2.24, 2.45) is 0 Å². The molecule has 2 aromatic rings. The average Bonchev–Trinajstić information content (AvgIpc) is 2.66. The SMILES string of the molecule is O=C(CCc1ccccc1)NCCS(=O)(=O)N1CCc2ccccc2C1. The molecule has 0 fully saturated rings. The summed E-state index contributed by atoms with van der Waals surface area (Å²) < 4.78 is 26.6. The number of sulfonamides is 1. The average molecular weight is 372 g/mol. The first-order valence-corrected chi connectivity index (χ1v) is 10.5. The number of rotatable bonds is 7. The smallest absolute Gasteiger partial charge is 0.220 e. The molecule has 0 atom stereocenters. The highest BCUT2D eigenvalue weighted by atomic mass is 32.2. The van der Waals surface area contributed by atoms with Crippen molar-refractivity contribution in [1.29, 1.82) is 0 Å². The van der Waals surface area contributed by atoms with Crippen molar-refractivity contribution < 1.29 is 13.2 Å².